The molecule has 0 spiro atoms. The second-order valence-electron chi connectivity index (χ2n) is 8.27. The molecule has 1 aliphatic rings. The van der Waals surface area contributed by atoms with Crippen molar-refractivity contribution in [2.24, 2.45) is 23.2 Å². The maximum absolute atomic E-state index is 9.41. The van der Waals surface area contributed by atoms with Gasteiger partial charge in [0.05, 0.1) is 0 Å². The lowest BCUT2D eigenvalue weighted by atomic mass is 9.71. The van der Waals surface area contributed by atoms with E-state index in [0.29, 0.717) is 6.61 Å². The van der Waals surface area contributed by atoms with Gasteiger partial charge in [0.15, 0.2) is 0 Å². The smallest absolute Gasteiger partial charge is 0.0484 e. The maximum atomic E-state index is 9.41. The zero-order valence-electron chi connectivity index (χ0n) is 14.5. The van der Waals surface area contributed by atoms with Crippen LogP contribution in [0.1, 0.15) is 91.9 Å². The van der Waals surface area contributed by atoms with E-state index in [1.165, 1.54) is 64.2 Å². The first kappa shape index (κ1) is 18.0. The van der Waals surface area contributed by atoms with Gasteiger partial charge in [0, 0.05) is 6.61 Å². The molecule has 0 aromatic rings. The first-order valence-electron chi connectivity index (χ1n) is 9.06. The molecular weight excluding hydrogens is 244 g/mol. The Kier molecular flexibility index (Phi) is 8.17. The van der Waals surface area contributed by atoms with Gasteiger partial charge in [-0.05, 0) is 48.9 Å². The number of rotatable bonds is 9. The van der Waals surface area contributed by atoms with Crippen LogP contribution >= 0.6 is 0 Å². The zero-order valence-corrected chi connectivity index (χ0v) is 14.5. The van der Waals surface area contributed by atoms with Crippen LogP contribution in [0, 0.1) is 23.2 Å². The summed E-state index contributed by atoms with van der Waals surface area (Å²) in [6.45, 7) is 9.72. The molecule has 0 heterocycles. The lowest BCUT2D eigenvalue weighted by Crippen LogP contribution is -2.27. The van der Waals surface area contributed by atoms with Crippen LogP contribution in [0.2, 0.25) is 0 Å². The van der Waals surface area contributed by atoms with Gasteiger partial charge in [-0.15, -0.1) is 0 Å². The highest BCUT2D eigenvalue weighted by Gasteiger charge is 2.29. The molecule has 1 nitrogen and oxygen atoms in total. The van der Waals surface area contributed by atoms with E-state index in [1.54, 1.807) is 0 Å². The van der Waals surface area contributed by atoms with Gasteiger partial charge < -0.3 is 5.11 Å². The fourth-order valence-electron chi connectivity index (χ4n) is 3.60. The van der Waals surface area contributed by atoms with E-state index in [2.05, 4.69) is 27.7 Å². The van der Waals surface area contributed by atoms with Gasteiger partial charge in [0.2, 0.25) is 0 Å². The normalized spacial score (nSPS) is 28.8. The molecule has 1 unspecified atom stereocenters. The third-order valence-electron chi connectivity index (χ3n) is 5.48. The Labute approximate surface area is 127 Å². The van der Waals surface area contributed by atoms with Crippen molar-refractivity contribution in [2.75, 3.05) is 6.61 Å². The van der Waals surface area contributed by atoms with Crippen molar-refractivity contribution in [3.8, 4) is 0 Å². The summed E-state index contributed by atoms with van der Waals surface area (Å²) >= 11 is 0. The molecule has 1 aliphatic carbocycles. The van der Waals surface area contributed by atoms with E-state index < -0.39 is 0 Å². The highest BCUT2D eigenvalue weighted by atomic mass is 16.3. The molecule has 120 valence electrons. The van der Waals surface area contributed by atoms with Gasteiger partial charge >= 0.3 is 0 Å². The van der Waals surface area contributed by atoms with Gasteiger partial charge in [-0.25, -0.2) is 0 Å². The Morgan fingerprint density at radius 3 is 2.15 bits per heavy atom. The summed E-state index contributed by atoms with van der Waals surface area (Å²) in [6, 6.07) is 0. The zero-order chi connectivity index (χ0) is 15.0. The third-order valence-corrected chi connectivity index (χ3v) is 5.48. The molecule has 20 heavy (non-hydrogen) atoms. The standard InChI is InChI=1S/C19H38O/c1-16(2)7-5-8-17(3)9-6-10-18-11-13-19(4,15-20)14-12-18/h16-18,20H,5-15H2,1-4H3. The minimum atomic E-state index is 0.237. The van der Waals surface area contributed by atoms with Crippen LogP contribution in [-0.4, -0.2) is 11.7 Å². The fourth-order valence-corrected chi connectivity index (χ4v) is 3.60. The third kappa shape index (κ3) is 7.11. The Morgan fingerprint density at radius 2 is 1.60 bits per heavy atom. The molecule has 1 N–H and O–H groups in total. The second-order valence-corrected chi connectivity index (χ2v) is 8.27. The van der Waals surface area contributed by atoms with Crippen LogP contribution in [0.5, 0.6) is 0 Å². The SMILES string of the molecule is CC(C)CCCC(C)CCCC1CCC(C)(CO)CC1. The predicted molar refractivity (Wildman–Crippen MR) is 88.9 cm³/mol. The summed E-state index contributed by atoms with van der Waals surface area (Å²) in [6.07, 6.45) is 13.7. The van der Waals surface area contributed by atoms with Crippen molar-refractivity contribution >= 4 is 0 Å². The Morgan fingerprint density at radius 1 is 1.00 bits per heavy atom. The van der Waals surface area contributed by atoms with Crippen molar-refractivity contribution < 1.29 is 5.11 Å². The quantitative estimate of drug-likeness (QED) is 0.566. The largest absolute Gasteiger partial charge is 0.396 e. The van der Waals surface area contributed by atoms with E-state index in [9.17, 15) is 5.11 Å². The van der Waals surface area contributed by atoms with Crippen LogP contribution in [0.25, 0.3) is 0 Å². The summed E-state index contributed by atoms with van der Waals surface area (Å²) in [4.78, 5) is 0. The molecule has 0 aromatic carbocycles. The van der Waals surface area contributed by atoms with Crippen molar-refractivity contribution in [3.05, 3.63) is 0 Å². The predicted octanol–water partition coefficient (Wildman–Crippen LogP) is 5.81. The van der Waals surface area contributed by atoms with Crippen molar-refractivity contribution in [1.29, 1.82) is 0 Å². The van der Waals surface area contributed by atoms with Gasteiger partial charge in [-0.1, -0.05) is 66.2 Å². The number of aliphatic hydroxyl groups excluding tert-OH is 1. The Hall–Kier alpha value is -0.0400. The Bertz CT molecular complexity index is 238. The minimum Gasteiger partial charge on any atom is -0.396 e. The highest BCUT2D eigenvalue weighted by Crippen LogP contribution is 2.40. The molecule has 1 heteroatoms. The number of hydrogen-bond acceptors (Lipinski definition) is 1. The van der Waals surface area contributed by atoms with Crippen LogP contribution in [0.4, 0.5) is 0 Å². The maximum Gasteiger partial charge on any atom is 0.0484 e. The average Bonchev–Trinajstić information content (AvgIpc) is 2.41. The van der Waals surface area contributed by atoms with Gasteiger partial charge in [-0.2, -0.15) is 0 Å². The molecule has 1 atom stereocenters. The number of hydrogen-bond donors (Lipinski definition) is 1. The van der Waals surface area contributed by atoms with E-state index in [1.807, 2.05) is 0 Å². The highest BCUT2D eigenvalue weighted by molar-refractivity contribution is 4.81. The summed E-state index contributed by atoms with van der Waals surface area (Å²) in [5, 5.41) is 9.41. The van der Waals surface area contributed by atoms with E-state index in [0.717, 1.165) is 17.8 Å². The lowest BCUT2D eigenvalue weighted by Gasteiger charge is -2.36. The molecule has 0 aromatic heterocycles. The van der Waals surface area contributed by atoms with Gasteiger partial charge in [0.1, 0.15) is 0 Å². The molecule has 0 saturated heterocycles. The van der Waals surface area contributed by atoms with E-state index in [4.69, 9.17) is 0 Å². The first-order valence-corrected chi connectivity index (χ1v) is 9.06. The molecule has 0 aliphatic heterocycles. The monoisotopic (exact) mass is 282 g/mol. The molecule has 1 fully saturated rings. The summed E-state index contributed by atoms with van der Waals surface area (Å²) in [5.41, 5.74) is 0.237. The lowest BCUT2D eigenvalue weighted by molar-refractivity contribution is 0.0783. The average molecular weight is 283 g/mol. The minimum absolute atomic E-state index is 0.237. The summed E-state index contributed by atoms with van der Waals surface area (Å²) < 4.78 is 0. The molecule has 0 radical (unpaired) electrons. The van der Waals surface area contributed by atoms with Crippen molar-refractivity contribution in [2.45, 2.75) is 91.9 Å². The molecule has 0 amide bonds. The second kappa shape index (κ2) is 9.07. The molecule has 1 saturated carbocycles. The van der Waals surface area contributed by atoms with Crippen LogP contribution in [-0.2, 0) is 0 Å². The summed E-state index contributed by atoms with van der Waals surface area (Å²) in [7, 11) is 0. The van der Waals surface area contributed by atoms with Gasteiger partial charge in [0.25, 0.3) is 0 Å². The number of aliphatic hydroxyl groups is 1. The van der Waals surface area contributed by atoms with E-state index in [-0.39, 0.29) is 5.41 Å². The van der Waals surface area contributed by atoms with Gasteiger partial charge in [-0.3, -0.25) is 0 Å². The first-order chi connectivity index (χ1) is 9.45. The van der Waals surface area contributed by atoms with Crippen LogP contribution in [0.3, 0.4) is 0 Å². The molecule has 1 rings (SSSR count). The van der Waals surface area contributed by atoms with Crippen LogP contribution < -0.4 is 0 Å². The van der Waals surface area contributed by atoms with Crippen molar-refractivity contribution in [1.82, 2.24) is 0 Å². The Balaban J connectivity index is 2.04. The fraction of sp³-hybridized carbons (Fsp3) is 1.00. The van der Waals surface area contributed by atoms with E-state index >= 15 is 0 Å². The molecular formula is C19H38O. The molecule has 0 bridgehead atoms. The topological polar surface area (TPSA) is 20.2 Å². The van der Waals surface area contributed by atoms with Crippen LogP contribution in [0.15, 0.2) is 0 Å². The summed E-state index contributed by atoms with van der Waals surface area (Å²) in [5.74, 6) is 2.72. The van der Waals surface area contributed by atoms with Crippen molar-refractivity contribution in [3.63, 3.8) is 0 Å².